The number of alkyl halides is 3. The molecule has 0 radical (unpaired) electrons. The van der Waals surface area contributed by atoms with Crippen LogP contribution in [0.25, 0.3) is 0 Å². The molecule has 1 aromatic heterocycles. The van der Waals surface area contributed by atoms with Crippen molar-refractivity contribution in [3.63, 3.8) is 0 Å². The monoisotopic (exact) mass is 255 g/mol. The summed E-state index contributed by atoms with van der Waals surface area (Å²) in [6, 6.07) is 5.24. The van der Waals surface area contributed by atoms with E-state index in [0.717, 1.165) is 12.1 Å². The molecular formula is C12H12F3N3. The van der Waals surface area contributed by atoms with Gasteiger partial charge >= 0.3 is 6.18 Å². The molecule has 1 aromatic carbocycles. The zero-order chi connectivity index (χ0) is 13.2. The highest BCUT2D eigenvalue weighted by molar-refractivity contribution is 5.26. The average Bonchev–Trinajstić information content (AvgIpc) is 2.75. The summed E-state index contributed by atoms with van der Waals surface area (Å²) in [4.78, 5) is 4.02. The molecular weight excluding hydrogens is 243 g/mol. The molecule has 0 bridgehead atoms. The molecule has 0 saturated carbocycles. The number of nitrogens with two attached hydrogens (primary N) is 1. The lowest BCUT2D eigenvalue weighted by Gasteiger charge is -2.10. The molecule has 0 amide bonds. The van der Waals surface area contributed by atoms with E-state index in [2.05, 4.69) is 4.98 Å². The number of aromatic nitrogens is 2. The molecule has 6 heteroatoms. The second-order valence-electron chi connectivity index (χ2n) is 3.87. The molecule has 96 valence electrons. The fraction of sp³-hybridized carbons (Fsp3) is 0.250. The Bertz CT molecular complexity index is 531. The molecule has 2 aromatic rings. The molecule has 0 saturated heterocycles. The van der Waals surface area contributed by atoms with Crippen LogP contribution in [0.2, 0.25) is 0 Å². The highest BCUT2D eigenvalue weighted by Crippen LogP contribution is 2.29. The number of imidazole rings is 1. The van der Waals surface area contributed by atoms with Crippen molar-refractivity contribution >= 4 is 0 Å². The van der Waals surface area contributed by atoms with Gasteiger partial charge in [-0.05, 0) is 17.7 Å². The van der Waals surface area contributed by atoms with Crippen LogP contribution in [0.15, 0.2) is 36.7 Å². The topological polar surface area (TPSA) is 43.8 Å². The second kappa shape index (κ2) is 4.81. The van der Waals surface area contributed by atoms with Crippen molar-refractivity contribution in [1.82, 2.24) is 9.55 Å². The van der Waals surface area contributed by atoms with Gasteiger partial charge in [0.15, 0.2) is 0 Å². The van der Waals surface area contributed by atoms with Crippen LogP contribution < -0.4 is 5.73 Å². The fourth-order valence-electron chi connectivity index (χ4n) is 1.72. The molecule has 0 atom stereocenters. The van der Waals surface area contributed by atoms with Gasteiger partial charge in [0, 0.05) is 18.9 Å². The van der Waals surface area contributed by atoms with E-state index in [1.807, 2.05) is 0 Å². The first-order valence-electron chi connectivity index (χ1n) is 5.37. The van der Waals surface area contributed by atoms with Gasteiger partial charge in [-0.25, -0.2) is 4.98 Å². The van der Waals surface area contributed by atoms with Crippen LogP contribution in [-0.2, 0) is 19.3 Å². The van der Waals surface area contributed by atoms with Gasteiger partial charge in [0.2, 0.25) is 0 Å². The van der Waals surface area contributed by atoms with Crippen molar-refractivity contribution in [2.75, 3.05) is 0 Å². The first-order chi connectivity index (χ1) is 8.50. The Kier molecular flexibility index (Phi) is 3.38. The Morgan fingerprint density at radius 3 is 2.72 bits per heavy atom. The Morgan fingerprint density at radius 1 is 1.28 bits per heavy atom. The largest absolute Gasteiger partial charge is 0.416 e. The third-order valence-electron chi connectivity index (χ3n) is 2.59. The molecule has 1 heterocycles. The molecule has 0 aliphatic heterocycles. The van der Waals surface area contributed by atoms with Gasteiger partial charge in [-0.15, -0.1) is 0 Å². The van der Waals surface area contributed by atoms with E-state index in [9.17, 15) is 13.2 Å². The number of nitrogens with zero attached hydrogens (tertiary/aromatic N) is 2. The third kappa shape index (κ3) is 2.70. The Morgan fingerprint density at radius 2 is 2.06 bits per heavy atom. The predicted molar refractivity (Wildman–Crippen MR) is 60.7 cm³/mol. The van der Waals surface area contributed by atoms with Crippen molar-refractivity contribution in [1.29, 1.82) is 0 Å². The van der Waals surface area contributed by atoms with Crippen LogP contribution in [0.5, 0.6) is 0 Å². The number of halogens is 3. The van der Waals surface area contributed by atoms with E-state index < -0.39 is 11.7 Å². The maximum atomic E-state index is 12.6. The van der Waals surface area contributed by atoms with Crippen LogP contribution in [0.1, 0.15) is 17.0 Å². The number of hydrogen-bond donors (Lipinski definition) is 1. The van der Waals surface area contributed by atoms with E-state index >= 15 is 0 Å². The molecule has 0 spiro atoms. The van der Waals surface area contributed by atoms with E-state index in [-0.39, 0.29) is 6.54 Å². The first kappa shape index (κ1) is 12.6. The zero-order valence-electron chi connectivity index (χ0n) is 9.48. The van der Waals surface area contributed by atoms with Crippen LogP contribution in [-0.4, -0.2) is 9.55 Å². The number of rotatable bonds is 3. The first-order valence-corrected chi connectivity index (χ1v) is 5.37. The molecule has 18 heavy (non-hydrogen) atoms. The molecule has 0 aliphatic carbocycles. The highest BCUT2D eigenvalue weighted by Gasteiger charge is 2.30. The van der Waals surface area contributed by atoms with E-state index in [0.29, 0.717) is 17.9 Å². The van der Waals surface area contributed by atoms with E-state index in [1.165, 1.54) is 6.07 Å². The van der Waals surface area contributed by atoms with Crippen LogP contribution in [0, 0.1) is 0 Å². The second-order valence-corrected chi connectivity index (χ2v) is 3.87. The van der Waals surface area contributed by atoms with E-state index in [4.69, 9.17) is 5.73 Å². The minimum absolute atomic E-state index is 0.256. The van der Waals surface area contributed by atoms with Crippen LogP contribution >= 0.6 is 0 Å². The standard InChI is InChI=1S/C12H12F3N3/c13-12(14,15)10-3-1-2-9(6-10)8-18-5-4-17-11(18)7-16/h1-6H,7-8,16H2. The lowest BCUT2D eigenvalue weighted by molar-refractivity contribution is -0.137. The number of hydrogen-bond acceptors (Lipinski definition) is 2. The fourth-order valence-corrected chi connectivity index (χ4v) is 1.72. The van der Waals surface area contributed by atoms with Gasteiger partial charge in [-0.2, -0.15) is 13.2 Å². The van der Waals surface area contributed by atoms with Crippen molar-refractivity contribution < 1.29 is 13.2 Å². The third-order valence-corrected chi connectivity index (χ3v) is 2.59. The minimum atomic E-state index is -4.32. The van der Waals surface area contributed by atoms with Gasteiger partial charge in [0.1, 0.15) is 5.82 Å². The molecule has 2 N–H and O–H groups in total. The summed E-state index contributed by atoms with van der Waals surface area (Å²) in [5.41, 5.74) is 5.41. The van der Waals surface area contributed by atoms with Crippen molar-refractivity contribution in [3.05, 3.63) is 53.6 Å². The maximum absolute atomic E-state index is 12.6. The normalized spacial score (nSPS) is 11.8. The van der Waals surface area contributed by atoms with Gasteiger partial charge in [-0.1, -0.05) is 12.1 Å². The summed E-state index contributed by atoms with van der Waals surface area (Å²) in [7, 11) is 0. The predicted octanol–water partition coefficient (Wildman–Crippen LogP) is 2.41. The molecule has 0 aliphatic rings. The molecule has 2 rings (SSSR count). The van der Waals surface area contributed by atoms with Crippen molar-refractivity contribution in [3.8, 4) is 0 Å². The van der Waals surface area contributed by atoms with Crippen molar-refractivity contribution in [2.45, 2.75) is 19.3 Å². The summed E-state index contributed by atoms with van der Waals surface area (Å²) in [5, 5.41) is 0. The van der Waals surface area contributed by atoms with Gasteiger partial charge in [-0.3, -0.25) is 0 Å². The van der Waals surface area contributed by atoms with Crippen molar-refractivity contribution in [2.24, 2.45) is 5.73 Å². The van der Waals surface area contributed by atoms with Gasteiger partial charge < -0.3 is 10.3 Å². The quantitative estimate of drug-likeness (QED) is 0.915. The minimum Gasteiger partial charge on any atom is -0.329 e. The van der Waals surface area contributed by atoms with Gasteiger partial charge in [0.05, 0.1) is 12.1 Å². The Hall–Kier alpha value is -1.82. The maximum Gasteiger partial charge on any atom is 0.416 e. The summed E-state index contributed by atoms with van der Waals surface area (Å²) in [6.07, 6.45) is -1.04. The highest BCUT2D eigenvalue weighted by atomic mass is 19.4. The zero-order valence-corrected chi connectivity index (χ0v) is 9.48. The summed E-state index contributed by atoms with van der Waals surface area (Å²) >= 11 is 0. The van der Waals surface area contributed by atoms with Gasteiger partial charge in [0.25, 0.3) is 0 Å². The SMILES string of the molecule is NCc1nccn1Cc1cccc(C(F)(F)F)c1. The van der Waals surface area contributed by atoms with E-state index in [1.54, 1.807) is 23.0 Å². The lowest BCUT2D eigenvalue weighted by Crippen LogP contribution is -2.10. The Balaban J connectivity index is 2.25. The molecule has 3 nitrogen and oxygen atoms in total. The average molecular weight is 255 g/mol. The number of benzene rings is 1. The molecule has 0 fully saturated rings. The summed E-state index contributed by atoms with van der Waals surface area (Å²) in [6.45, 7) is 0.586. The Labute approximate surface area is 102 Å². The molecule has 0 unspecified atom stereocenters. The summed E-state index contributed by atoms with van der Waals surface area (Å²) in [5.74, 6) is 0.646. The summed E-state index contributed by atoms with van der Waals surface area (Å²) < 4.78 is 39.4. The van der Waals surface area contributed by atoms with Crippen LogP contribution in [0.3, 0.4) is 0 Å². The van der Waals surface area contributed by atoms with Crippen LogP contribution in [0.4, 0.5) is 13.2 Å². The lowest BCUT2D eigenvalue weighted by atomic mass is 10.1. The smallest absolute Gasteiger partial charge is 0.329 e.